The molecule has 1 aromatic rings. The SMILES string of the molecule is CCN(CC)S(=O)(=O)c1ccc(C(=O)NCCNC)cc1.Cl. The van der Waals surface area contributed by atoms with E-state index in [0.717, 1.165) is 0 Å². The molecule has 8 heteroatoms. The van der Waals surface area contributed by atoms with Gasteiger partial charge in [0.05, 0.1) is 4.90 Å². The first-order chi connectivity index (χ1) is 9.97. The third-order valence-electron chi connectivity index (χ3n) is 3.12. The topological polar surface area (TPSA) is 78.5 Å². The van der Waals surface area contributed by atoms with E-state index in [1.165, 1.54) is 28.6 Å². The number of carbonyl (C=O) groups is 1. The van der Waals surface area contributed by atoms with Gasteiger partial charge < -0.3 is 10.6 Å². The smallest absolute Gasteiger partial charge is 0.251 e. The Morgan fingerprint density at radius 1 is 1.09 bits per heavy atom. The van der Waals surface area contributed by atoms with Gasteiger partial charge in [0.25, 0.3) is 5.91 Å². The van der Waals surface area contributed by atoms with Gasteiger partial charge in [0, 0.05) is 31.7 Å². The Hall–Kier alpha value is -1.15. The van der Waals surface area contributed by atoms with Gasteiger partial charge in [-0.25, -0.2) is 8.42 Å². The number of likely N-dealkylation sites (N-methyl/N-ethyl adjacent to an activating group) is 1. The molecule has 0 aliphatic rings. The molecule has 2 N–H and O–H groups in total. The summed E-state index contributed by atoms with van der Waals surface area (Å²) in [4.78, 5) is 12.0. The van der Waals surface area contributed by atoms with E-state index in [1.54, 1.807) is 20.9 Å². The van der Waals surface area contributed by atoms with Crippen molar-refractivity contribution in [1.29, 1.82) is 0 Å². The van der Waals surface area contributed by atoms with Crippen molar-refractivity contribution in [2.24, 2.45) is 0 Å². The van der Waals surface area contributed by atoms with Crippen molar-refractivity contribution in [3.05, 3.63) is 29.8 Å². The van der Waals surface area contributed by atoms with E-state index in [2.05, 4.69) is 10.6 Å². The number of nitrogens with zero attached hydrogens (tertiary/aromatic N) is 1. The van der Waals surface area contributed by atoms with Gasteiger partial charge in [-0.2, -0.15) is 4.31 Å². The van der Waals surface area contributed by atoms with Gasteiger partial charge >= 0.3 is 0 Å². The summed E-state index contributed by atoms with van der Waals surface area (Å²) >= 11 is 0. The lowest BCUT2D eigenvalue weighted by Gasteiger charge is -2.18. The average molecular weight is 350 g/mol. The van der Waals surface area contributed by atoms with E-state index in [-0.39, 0.29) is 23.2 Å². The monoisotopic (exact) mass is 349 g/mol. The number of rotatable bonds is 8. The second-order valence-corrected chi connectivity index (χ2v) is 6.41. The van der Waals surface area contributed by atoms with Crippen LogP contribution >= 0.6 is 12.4 Å². The molecule has 0 radical (unpaired) electrons. The number of hydrogen-bond donors (Lipinski definition) is 2. The van der Waals surface area contributed by atoms with Crippen LogP contribution < -0.4 is 10.6 Å². The van der Waals surface area contributed by atoms with Crippen LogP contribution in [0.5, 0.6) is 0 Å². The fraction of sp³-hybridized carbons (Fsp3) is 0.500. The minimum Gasteiger partial charge on any atom is -0.351 e. The van der Waals surface area contributed by atoms with Crippen LogP contribution in [0.25, 0.3) is 0 Å². The summed E-state index contributed by atoms with van der Waals surface area (Å²) in [6.07, 6.45) is 0. The molecule has 0 aliphatic heterocycles. The quantitative estimate of drug-likeness (QED) is 0.689. The molecule has 0 aliphatic carbocycles. The molecule has 0 saturated heterocycles. The van der Waals surface area contributed by atoms with Gasteiger partial charge in [0.15, 0.2) is 0 Å². The van der Waals surface area contributed by atoms with Crippen molar-refractivity contribution in [2.75, 3.05) is 33.2 Å². The van der Waals surface area contributed by atoms with Crippen molar-refractivity contribution in [3.8, 4) is 0 Å². The molecule has 6 nitrogen and oxygen atoms in total. The molecule has 1 aromatic carbocycles. The van der Waals surface area contributed by atoms with Crippen LogP contribution in [0, 0.1) is 0 Å². The third kappa shape index (κ3) is 5.24. The highest BCUT2D eigenvalue weighted by atomic mass is 35.5. The Bertz CT molecular complexity index is 557. The summed E-state index contributed by atoms with van der Waals surface area (Å²) in [5.41, 5.74) is 0.449. The zero-order valence-electron chi connectivity index (χ0n) is 13.1. The molecular weight excluding hydrogens is 326 g/mol. The lowest BCUT2D eigenvalue weighted by atomic mass is 10.2. The van der Waals surface area contributed by atoms with Crippen LogP contribution in [0.15, 0.2) is 29.2 Å². The molecule has 0 unspecified atom stereocenters. The molecule has 0 fully saturated rings. The van der Waals surface area contributed by atoms with Crippen LogP contribution in [-0.4, -0.2) is 51.9 Å². The van der Waals surface area contributed by atoms with Crippen molar-refractivity contribution in [1.82, 2.24) is 14.9 Å². The normalized spacial score (nSPS) is 11.1. The molecule has 0 saturated carbocycles. The summed E-state index contributed by atoms with van der Waals surface area (Å²) in [6.45, 7) is 5.64. The molecule has 1 rings (SSSR count). The summed E-state index contributed by atoms with van der Waals surface area (Å²) in [5, 5.41) is 5.67. The van der Waals surface area contributed by atoms with Crippen LogP contribution in [0.1, 0.15) is 24.2 Å². The molecule has 0 heterocycles. The van der Waals surface area contributed by atoms with Crippen molar-refractivity contribution < 1.29 is 13.2 Å². The van der Waals surface area contributed by atoms with Crippen molar-refractivity contribution >= 4 is 28.3 Å². The summed E-state index contributed by atoms with van der Waals surface area (Å²) in [7, 11) is -1.67. The summed E-state index contributed by atoms with van der Waals surface area (Å²) < 4.78 is 26.0. The first-order valence-corrected chi connectivity index (χ1v) is 8.44. The largest absolute Gasteiger partial charge is 0.351 e. The Kier molecular flexibility index (Phi) is 9.27. The van der Waals surface area contributed by atoms with Crippen molar-refractivity contribution in [2.45, 2.75) is 18.7 Å². The molecule has 22 heavy (non-hydrogen) atoms. The summed E-state index contributed by atoms with van der Waals surface area (Å²) in [6, 6.07) is 6.01. The van der Waals surface area contributed by atoms with E-state index in [4.69, 9.17) is 0 Å². The predicted molar refractivity (Wildman–Crippen MR) is 90.1 cm³/mol. The standard InChI is InChI=1S/C14H23N3O3S.ClH/c1-4-17(5-2)21(19,20)13-8-6-12(7-9-13)14(18)16-11-10-15-3;/h6-9,15H,4-5,10-11H2,1-3H3,(H,16,18);1H. The molecule has 1 amide bonds. The minimum absolute atomic E-state index is 0. The number of nitrogens with one attached hydrogen (secondary N) is 2. The number of amides is 1. The Balaban J connectivity index is 0.00000441. The van der Waals surface area contributed by atoms with Crippen LogP contribution in [0.3, 0.4) is 0 Å². The first-order valence-electron chi connectivity index (χ1n) is 7.00. The van der Waals surface area contributed by atoms with Gasteiger partial charge in [0.1, 0.15) is 0 Å². The van der Waals surface area contributed by atoms with Crippen LogP contribution in [0.2, 0.25) is 0 Å². The van der Waals surface area contributed by atoms with E-state index in [1.807, 2.05) is 0 Å². The second-order valence-electron chi connectivity index (χ2n) is 4.47. The minimum atomic E-state index is -3.47. The highest BCUT2D eigenvalue weighted by Crippen LogP contribution is 2.16. The molecule has 0 bridgehead atoms. The molecule has 0 atom stereocenters. The highest BCUT2D eigenvalue weighted by molar-refractivity contribution is 7.89. The fourth-order valence-corrected chi connectivity index (χ4v) is 3.35. The zero-order chi connectivity index (χ0) is 15.9. The molecular formula is C14H24ClN3O3S. The van der Waals surface area contributed by atoms with Gasteiger partial charge in [-0.15, -0.1) is 12.4 Å². The van der Waals surface area contributed by atoms with Gasteiger partial charge in [-0.1, -0.05) is 13.8 Å². The number of sulfonamides is 1. The number of benzene rings is 1. The van der Waals surface area contributed by atoms with Crippen molar-refractivity contribution in [3.63, 3.8) is 0 Å². The van der Waals surface area contributed by atoms with E-state index in [9.17, 15) is 13.2 Å². The second kappa shape index (κ2) is 9.78. The fourth-order valence-electron chi connectivity index (χ4n) is 1.89. The first kappa shape index (κ1) is 20.9. The molecule has 0 spiro atoms. The maximum Gasteiger partial charge on any atom is 0.251 e. The number of hydrogen-bond acceptors (Lipinski definition) is 4. The van der Waals surface area contributed by atoms with Gasteiger partial charge in [-0.3, -0.25) is 4.79 Å². The molecule has 126 valence electrons. The van der Waals surface area contributed by atoms with E-state index >= 15 is 0 Å². The lowest BCUT2D eigenvalue weighted by molar-refractivity contribution is 0.0954. The lowest BCUT2D eigenvalue weighted by Crippen LogP contribution is -2.31. The molecule has 0 aromatic heterocycles. The zero-order valence-corrected chi connectivity index (χ0v) is 14.8. The maximum absolute atomic E-state index is 12.3. The predicted octanol–water partition coefficient (Wildman–Crippen LogP) is 1.09. The maximum atomic E-state index is 12.3. The average Bonchev–Trinajstić information content (AvgIpc) is 2.48. The van der Waals surface area contributed by atoms with Gasteiger partial charge in [-0.05, 0) is 31.3 Å². The van der Waals surface area contributed by atoms with Crippen LogP contribution in [0.4, 0.5) is 0 Å². The van der Waals surface area contributed by atoms with Gasteiger partial charge in [0.2, 0.25) is 10.0 Å². The van der Waals surface area contributed by atoms with E-state index < -0.39 is 10.0 Å². The Labute approximate surface area is 138 Å². The Morgan fingerprint density at radius 2 is 1.64 bits per heavy atom. The number of halogens is 1. The Morgan fingerprint density at radius 3 is 2.09 bits per heavy atom. The van der Waals surface area contributed by atoms with Crippen LogP contribution in [-0.2, 0) is 10.0 Å². The highest BCUT2D eigenvalue weighted by Gasteiger charge is 2.21. The summed E-state index contributed by atoms with van der Waals surface area (Å²) in [5.74, 6) is -0.211. The third-order valence-corrected chi connectivity index (χ3v) is 5.18. The van der Waals surface area contributed by atoms with E-state index in [0.29, 0.717) is 31.7 Å². The number of carbonyl (C=O) groups excluding carboxylic acids is 1.